The summed E-state index contributed by atoms with van der Waals surface area (Å²) in [5.41, 5.74) is 10.0. The Labute approximate surface area is 330 Å². The molecule has 0 atom stereocenters. The molecule has 0 N–H and O–H groups in total. The number of nitrogens with zero attached hydrogens (tertiary/aromatic N) is 4. The minimum atomic E-state index is 0.595. The third-order valence-corrected chi connectivity index (χ3v) is 12.2. The van der Waals surface area contributed by atoms with Gasteiger partial charge in [-0.3, -0.25) is 0 Å². The van der Waals surface area contributed by atoms with Gasteiger partial charge in [-0.2, -0.15) is 0 Å². The van der Waals surface area contributed by atoms with Crippen molar-refractivity contribution in [1.82, 2.24) is 19.5 Å². The molecule has 0 aliphatic heterocycles. The normalized spacial score (nSPS) is 11.9. The molecule has 57 heavy (non-hydrogen) atoms. The maximum absolute atomic E-state index is 6.81. The Kier molecular flexibility index (Phi) is 7.03. The Morgan fingerprint density at radius 3 is 1.82 bits per heavy atom. The van der Waals surface area contributed by atoms with Gasteiger partial charge in [-0.25, -0.2) is 15.0 Å². The average molecular weight is 747 g/mol. The van der Waals surface area contributed by atoms with Crippen molar-refractivity contribution in [2.75, 3.05) is 0 Å². The third-order valence-electron chi connectivity index (χ3n) is 11.1. The second kappa shape index (κ2) is 12.6. The molecule has 12 rings (SSSR count). The minimum Gasteiger partial charge on any atom is -0.455 e. The summed E-state index contributed by atoms with van der Waals surface area (Å²) in [5, 5.41) is 7.04. The molecule has 0 saturated carbocycles. The maximum atomic E-state index is 6.81. The van der Waals surface area contributed by atoms with Gasteiger partial charge >= 0.3 is 0 Å². The maximum Gasteiger partial charge on any atom is 0.164 e. The summed E-state index contributed by atoms with van der Waals surface area (Å²) >= 11 is 1.79. The molecular formula is C51H30N4OS. The van der Waals surface area contributed by atoms with Crippen LogP contribution in [0.15, 0.2) is 186 Å². The standard InChI is InChI=1S/C51H30N4OS/c1-3-12-31(13-4-1)49-52-50(54-51(53-49)34-23-26-40-39-17-8-10-21-46(39)57-47(40)30-34)33-22-25-38-41-19-11-18-36(48(41)56-45(38)29-33)32-24-27-44-42(28-32)37-16-7-9-20-43(37)55(44)35-14-5-2-6-15-35/h1-30H. The average Bonchev–Trinajstić information content (AvgIpc) is 3.95. The second-order valence-electron chi connectivity index (χ2n) is 14.4. The summed E-state index contributed by atoms with van der Waals surface area (Å²) in [6.07, 6.45) is 0. The van der Waals surface area contributed by atoms with Crippen LogP contribution in [0.3, 0.4) is 0 Å². The van der Waals surface area contributed by atoms with Crippen LogP contribution in [-0.2, 0) is 0 Å². The highest BCUT2D eigenvalue weighted by molar-refractivity contribution is 7.25. The number of para-hydroxylation sites is 3. The summed E-state index contributed by atoms with van der Waals surface area (Å²) in [6.45, 7) is 0. The molecule has 4 aromatic heterocycles. The summed E-state index contributed by atoms with van der Waals surface area (Å²) in [5.74, 6) is 1.86. The van der Waals surface area contributed by atoms with E-state index in [0.29, 0.717) is 17.5 Å². The van der Waals surface area contributed by atoms with E-state index >= 15 is 0 Å². The van der Waals surface area contributed by atoms with E-state index in [-0.39, 0.29) is 0 Å². The minimum absolute atomic E-state index is 0.595. The monoisotopic (exact) mass is 746 g/mol. The van der Waals surface area contributed by atoms with Gasteiger partial charge < -0.3 is 8.98 Å². The Morgan fingerprint density at radius 1 is 0.386 bits per heavy atom. The van der Waals surface area contributed by atoms with Crippen LogP contribution in [0.25, 0.3) is 115 Å². The fourth-order valence-corrected chi connectivity index (χ4v) is 9.52. The van der Waals surface area contributed by atoms with Crippen LogP contribution in [0, 0.1) is 0 Å². The van der Waals surface area contributed by atoms with Gasteiger partial charge in [-0.05, 0) is 60.2 Å². The van der Waals surface area contributed by atoms with Crippen molar-refractivity contribution in [2.45, 2.75) is 0 Å². The number of furan rings is 1. The van der Waals surface area contributed by atoms with Gasteiger partial charge in [0, 0.05) is 69.7 Å². The molecule has 8 aromatic carbocycles. The highest BCUT2D eigenvalue weighted by atomic mass is 32.1. The lowest BCUT2D eigenvalue weighted by atomic mass is 10.00. The molecule has 0 radical (unpaired) electrons. The number of aromatic nitrogens is 4. The van der Waals surface area contributed by atoms with Crippen LogP contribution in [0.4, 0.5) is 0 Å². The molecule has 0 aliphatic carbocycles. The number of benzene rings is 8. The van der Waals surface area contributed by atoms with Crippen LogP contribution in [0.5, 0.6) is 0 Å². The molecule has 12 aromatic rings. The third kappa shape index (κ3) is 5.12. The number of rotatable bonds is 5. The molecule has 0 bridgehead atoms. The van der Waals surface area contributed by atoms with E-state index in [0.717, 1.165) is 55.4 Å². The fourth-order valence-electron chi connectivity index (χ4n) is 8.38. The molecule has 0 fully saturated rings. The smallest absolute Gasteiger partial charge is 0.164 e. The number of thiophene rings is 1. The molecule has 0 amide bonds. The van der Waals surface area contributed by atoms with Crippen molar-refractivity contribution in [3.05, 3.63) is 182 Å². The molecule has 5 nitrogen and oxygen atoms in total. The van der Waals surface area contributed by atoms with Crippen molar-refractivity contribution in [2.24, 2.45) is 0 Å². The van der Waals surface area contributed by atoms with E-state index in [9.17, 15) is 0 Å². The van der Waals surface area contributed by atoms with Crippen molar-refractivity contribution in [1.29, 1.82) is 0 Å². The lowest BCUT2D eigenvalue weighted by molar-refractivity contribution is 0.670. The zero-order chi connectivity index (χ0) is 37.5. The Balaban J connectivity index is 0.993. The van der Waals surface area contributed by atoms with Crippen molar-refractivity contribution in [3.63, 3.8) is 0 Å². The molecule has 0 unspecified atom stereocenters. The summed E-state index contributed by atoms with van der Waals surface area (Å²) in [7, 11) is 0. The van der Waals surface area contributed by atoms with Crippen molar-refractivity contribution in [3.8, 4) is 51.0 Å². The van der Waals surface area contributed by atoms with E-state index in [4.69, 9.17) is 19.4 Å². The van der Waals surface area contributed by atoms with E-state index in [1.807, 2.05) is 30.3 Å². The number of fused-ring (bicyclic) bond motifs is 9. The number of hydrogen-bond acceptors (Lipinski definition) is 5. The molecular weight excluding hydrogens is 717 g/mol. The quantitative estimate of drug-likeness (QED) is 0.176. The van der Waals surface area contributed by atoms with Crippen LogP contribution < -0.4 is 0 Å². The predicted octanol–water partition coefficient (Wildman–Crippen LogP) is 13.9. The van der Waals surface area contributed by atoms with Crippen molar-refractivity contribution >= 4 is 75.3 Å². The summed E-state index contributed by atoms with van der Waals surface area (Å²) < 4.78 is 11.6. The first kappa shape index (κ1) is 31.9. The van der Waals surface area contributed by atoms with E-state index < -0.39 is 0 Å². The van der Waals surface area contributed by atoms with Crippen LogP contribution in [0.2, 0.25) is 0 Å². The topological polar surface area (TPSA) is 56.7 Å². The van der Waals surface area contributed by atoms with Crippen LogP contribution in [-0.4, -0.2) is 19.5 Å². The van der Waals surface area contributed by atoms with Gasteiger partial charge in [-0.1, -0.05) is 127 Å². The Morgan fingerprint density at radius 2 is 1.00 bits per heavy atom. The zero-order valence-electron chi connectivity index (χ0n) is 30.4. The molecule has 266 valence electrons. The lowest BCUT2D eigenvalue weighted by Crippen LogP contribution is -2.00. The van der Waals surface area contributed by atoms with E-state index in [1.165, 1.54) is 42.0 Å². The van der Waals surface area contributed by atoms with Gasteiger partial charge in [0.1, 0.15) is 11.2 Å². The van der Waals surface area contributed by atoms with Gasteiger partial charge in [0.25, 0.3) is 0 Å². The summed E-state index contributed by atoms with van der Waals surface area (Å²) in [6, 6.07) is 63.8. The molecule has 6 heteroatoms. The molecule has 0 aliphatic rings. The Hall–Kier alpha value is -7.41. The Bertz CT molecular complexity index is 3530. The zero-order valence-corrected chi connectivity index (χ0v) is 31.2. The SMILES string of the molecule is c1ccc(-c2nc(-c3ccc4c(c3)oc3c(-c5ccc6c(c5)c5ccccc5n6-c5ccccc5)cccc34)nc(-c3ccc4c(c3)sc3ccccc34)n2)cc1. The molecule has 4 heterocycles. The number of hydrogen-bond donors (Lipinski definition) is 0. The second-order valence-corrected chi connectivity index (χ2v) is 15.5. The van der Waals surface area contributed by atoms with E-state index in [2.05, 4.69) is 156 Å². The highest BCUT2D eigenvalue weighted by Crippen LogP contribution is 2.41. The van der Waals surface area contributed by atoms with Gasteiger partial charge in [0.15, 0.2) is 17.5 Å². The first-order valence-corrected chi connectivity index (χ1v) is 19.8. The predicted molar refractivity (Wildman–Crippen MR) is 236 cm³/mol. The first-order chi connectivity index (χ1) is 28.2. The molecule has 0 saturated heterocycles. The highest BCUT2D eigenvalue weighted by Gasteiger charge is 2.19. The van der Waals surface area contributed by atoms with Crippen LogP contribution >= 0.6 is 11.3 Å². The van der Waals surface area contributed by atoms with Gasteiger partial charge in [-0.15, -0.1) is 11.3 Å². The van der Waals surface area contributed by atoms with Crippen LogP contribution in [0.1, 0.15) is 0 Å². The van der Waals surface area contributed by atoms with Gasteiger partial charge in [0.05, 0.1) is 11.0 Å². The largest absolute Gasteiger partial charge is 0.455 e. The first-order valence-electron chi connectivity index (χ1n) is 19.0. The summed E-state index contributed by atoms with van der Waals surface area (Å²) in [4.78, 5) is 15.2. The van der Waals surface area contributed by atoms with Crippen molar-refractivity contribution < 1.29 is 4.42 Å². The lowest BCUT2D eigenvalue weighted by Gasteiger charge is -2.08. The van der Waals surface area contributed by atoms with E-state index in [1.54, 1.807) is 11.3 Å². The van der Waals surface area contributed by atoms with Gasteiger partial charge in [0.2, 0.25) is 0 Å². The molecule has 0 spiro atoms. The fraction of sp³-hybridized carbons (Fsp3) is 0.